The summed E-state index contributed by atoms with van der Waals surface area (Å²) in [6.45, 7) is 3.81. The summed E-state index contributed by atoms with van der Waals surface area (Å²) in [6, 6.07) is 20.7. The Bertz CT molecular complexity index is 1350. The molecule has 1 atom stereocenters. The van der Waals surface area contributed by atoms with E-state index in [4.69, 9.17) is 4.52 Å². The molecule has 3 heterocycles. The molecule has 2 aromatic carbocycles. The van der Waals surface area contributed by atoms with E-state index in [1.54, 1.807) is 23.5 Å². The second-order valence-electron chi connectivity index (χ2n) is 7.18. The maximum atomic E-state index is 12.4. The highest BCUT2D eigenvalue weighted by atomic mass is 32.1. The predicted molar refractivity (Wildman–Crippen MR) is 119 cm³/mol. The molecule has 0 saturated heterocycles. The number of nitrogens with one attached hydrogen (secondary N) is 1. The Labute approximate surface area is 182 Å². The van der Waals surface area contributed by atoms with Gasteiger partial charge in [0, 0.05) is 10.9 Å². The summed E-state index contributed by atoms with van der Waals surface area (Å²) < 4.78 is 7.38. The molecule has 7 nitrogen and oxygen atoms in total. The van der Waals surface area contributed by atoms with Crippen LogP contribution in [0, 0.1) is 6.92 Å². The minimum atomic E-state index is -0.412. The van der Waals surface area contributed by atoms with Crippen LogP contribution in [0.5, 0.6) is 0 Å². The molecule has 0 saturated carbocycles. The maximum absolute atomic E-state index is 12.4. The zero-order valence-electron chi connectivity index (χ0n) is 16.9. The zero-order valence-corrected chi connectivity index (χ0v) is 17.8. The first-order chi connectivity index (χ1) is 15.1. The minimum absolute atomic E-state index is 0.187. The molecule has 0 aliphatic rings. The summed E-state index contributed by atoms with van der Waals surface area (Å²) in [5, 5.41) is 12.8. The van der Waals surface area contributed by atoms with Crippen LogP contribution in [-0.4, -0.2) is 25.8 Å². The number of nitrogens with zero attached hydrogens (tertiary/aromatic N) is 4. The number of benzene rings is 2. The third-order valence-corrected chi connectivity index (χ3v) is 6.07. The van der Waals surface area contributed by atoms with Gasteiger partial charge in [0.2, 0.25) is 11.7 Å². The number of thiophene rings is 1. The van der Waals surface area contributed by atoms with Crippen molar-refractivity contribution in [2.45, 2.75) is 19.9 Å². The van der Waals surface area contributed by atoms with Crippen molar-refractivity contribution in [2.75, 3.05) is 0 Å². The first-order valence-corrected chi connectivity index (χ1v) is 10.7. The van der Waals surface area contributed by atoms with Crippen molar-refractivity contribution in [1.29, 1.82) is 0 Å². The number of hydrogen-bond donors (Lipinski definition) is 1. The fraction of sp³-hybridized carbons (Fsp3) is 0.130. The third kappa shape index (κ3) is 3.62. The molecule has 0 unspecified atom stereocenters. The molecule has 31 heavy (non-hydrogen) atoms. The zero-order chi connectivity index (χ0) is 21.4. The number of carbonyl (C=O) groups is 1. The number of carbonyl (C=O) groups excluding carboxylic acids is 1. The molecule has 1 N–H and O–H groups in total. The smallest absolute Gasteiger partial charge is 0.251 e. The van der Waals surface area contributed by atoms with Crippen molar-refractivity contribution in [3.8, 4) is 16.4 Å². The summed E-state index contributed by atoms with van der Waals surface area (Å²) in [5.74, 6) is 0.669. The highest BCUT2D eigenvalue weighted by molar-refractivity contribution is 7.21. The second-order valence-corrected chi connectivity index (χ2v) is 8.21. The Morgan fingerprint density at radius 3 is 2.55 bits per heavy atom. The molecule has 5 rings (SSSR count). The van der Waals surface area contributed by atoms with Crippen molar-refractivity contribution in [2.24, 2.45) is 0 Å². The lowest BCUT2D eigenvalue weighted by Crippen LogP contribution is -2.26. The molecule has 0 aliphatic heterocycles. The molecule has 3 aromatic heterocycles. The topological polar surface area (TPSA) is 85.8 Å². The first-order valence-electron chi connectivity index (χ1n) is 9.84. The first kappa shape index (κ1) is 19.2. The molecule has 8 heteroatoms. The minimum Gasteiger partial charge on any atom is -0.341 e. The van der Waals surface area contributed by atoms with E-state index < -0.39 is 6.04 Å². The molecule has 0 bridgehead atoms. The number of aryl methyl sites for hydroxylation is 1. The second kappa shape index (κ2) is 7.81. The van der Waals surface area contributed by atoms with Crippen molar-refractivity contribution in [3.05, 3.63) is 83.9 Å². The number of amides is 1. The number of hydrogen-bond acceptors (Lipinski definition) is 6. The Balaban J connectivity index is 1.41. The summed E-state index contributed by atoms with van der Waals surface area (Å²) in [7, 11) is 0. The van der Waals surface area contributed by atoms with Crippen LogP contribution < -0.4 is 5.32 Å². The SMILES string of the molecule is Cc1nn(-c2ccccc2)c2sc(-c3noc([C@@H](C)NC(=O)c4ccccc4)n3)cc12. The van der Waals surface area contributed by atoms with E-state index >= 15 is 0 Å². The molecule has 0 spiro atoms. The van der Waals surface area contributed by atoms with Crippen molar-refractivity contribution < 1.29 is 9.32 Å². The Hall–Kier alpha value is -3.78. The molecular weight excluding hydrogens is 410 g/mol. The summed E-state index contributed by atoms with van der Waals surface area (Å²) in [4.78, 5) is 18.8. The van der Waals surface area contributed by atoms with Crippen LogP contribution in [0.1, 0.15) is 34.9 Å². The van der Waals surface area contributed by atoms with Crippen LogP contribution in [0.3, 0.4) is 0 Å². The summed E-state index contributed by atoms with van der Waals surface area (Å²) >= 11 is 1.56. The third-order valence-electron chi connectivity index (χ3n) is 4.96. The van der Waals surface area contributed by atoms with Crippen molar-refractivity contribution in [3.63, 3.8) is 0 Å². The lowest BCUT2D eigenvalue weighted by atomic mass is 10.2. The Morgan fingerprint density at radius 1 is 1.10 bits per heavy atom. The molecule has 0 fully saturated rings. The van der Waals surface area contributed by atoms with Crippen molar-refractivity contribution >= 4 is 27.5 Å². The molecule has 154 valence electrons. The van der Waals surface area contributed by atoms with Crippen LogP contribution >= 0.6 is 11.3 Å². The largest absolute Gasteiger partial charge is 0.341 e. The monoisotopic (exact) mass is 429 g/mol. The molecule has 1 amide bonds. The predicted octanol–water partition coefficient (Wildman–Crippen LogP) is 4.94. The van der Waals surface area contributed by atoms with E-state index in [9.17, 15) is 4.79 Å². The van der Waals surface area contributed by atoms with Gasteiger partial charge in [-0.1, -0.05) is 41.6 Å². The van der Waals surface area contributed by atoms with Gasteiger partial charge in [-0.15, -0.1) is 11.3 Å². The lowest BCUT2D eigenvalue weighted by molar-refractivity contribution is 0.0932. The summed E-state index contributed by atoms with van der Waals surface area (Å²) in [5.41, 5.74) is 2.52. The van der Waals surface area contributed by atoms with Gasteiger partial charge in [0.05, 0.1) is 16.3 Å². The van der Waals surface area contributed by atoms with Gasteiger partial charge in [-0.25, -0.2) is 4.68 Å². The van der Waals surface area contributed by atoms with Gasteiger partial charge in [0.25, 0.3) is 5.91 Å². The van der Waals surface area contributed by atoms with Crippen LogP contribution in [-0.2, 0) is 0 Å². The maximum Gasteiger partial charge on any atom is 0.251 e. The van der Waals surface area contributed by atoms with E-state index in [0.717, 1.165) is 26.5 Å². The molecule has 0 aliphatic carbocycles. The van der Waals surface area contributed by atoms with Crippen LogP contribution in [0.2, 0.25) is 0 Å². The Morgan fingerprint density at radius 2 is 1.81 bits per heavy atom. The summed E-state index contributed by atoms with van der Waals surface area (Å²) in [6.07, 6.45) is 0. The fourth-order valence-electron chi connectivity index (χ4n) is 3.34. The lowest BCUT2D eigenvalue weighted by Gasteiger charge is -2.09. The van der Waals surface area contributed by atoms with Gasteiger partial charge in [-0.3, -0.25) is 4.79 Å². The normalized spacial score (nSPS) is 12.2. The van der Waals surface area contributed by atoms with E-state index in [1.807, 2.05) is 73.1 Å². The van der Waals surface area contributed by atoms with Gasteiger partial charge in [0.15, 0.2) is 0 Å². The Kier molecular flexibility index (Phi) is 4.83. The highest BCUT2D eigenvalue weighted by Crippen LogP contribution is 2.35. The van der Waals surface area contributed by atoms with Crippen LogP contribution in [0.4, 0.5) is 0 Å². The number of aromatic nitrogens is 4. The van der Waals surface area contributed by atoms with Gasteiger partial charge >= 0.3 is 0 Å². The number of fused-ring (bicyclic) bond motifs is 1. The van der Waals surface area contributed by atoms with Gasteiger partial charge in [0.1, 0.15) is 10.9 Å². The van der Waals surface area contributed by atoms with Gasteiger partial charge < -0.3 is 9.84 Å². The fourth-order valence-corrected chi connectivity index (χ4v) is 4.45. The van der Waals surface area contributed by atoms with E-state index in [0.29, 0.717) is 17.3 Å². The van der Waals surface area contributed by atoms with E-state index in [2.05, 4.69) is 20.6 Å². The highest BCUT2D eigenvalue weighted by Gasteiger charge is 2.21. The molecule has 0 radical (unpaired) electrons. The standard InChI is InChI=1S/C23H19N5O2S/c1-14-18-13-19(31-23(18)28(26-14)17-11-7-4-8-12-17)20-25-22(30-27-20)15(2)24-21(29)16-9-5-3-6-10-16/h3-13,15H,1-2H3,(H,24,29)/t15-/m1/s1. The van der Waals surface area contributed by atoms with E-state index in [-0.39, 0.29) is 5.91 Å². The van der Waals surface area contributed by atoms with Gasteiger partial charge in [-0.05, 0) is 44.2 Å². The quantitative estimate of drug-likeness (QED) is 0.428. The van der Waals surface area contributed by atoms with Crippen LogP contribution in [0.25, 0.3) is 26.6 Å². The van der Waals surface area contributed by atoms with E-state index in [1.165, 1.54) is 0 Å². The van der Waals surface area contributed by atoms with Crippen molar-refractivity contribution in [1.82, 2.24) is 25.2 Å². The van der Waals surface area contributed by atoms with Crippen LogP contribution in [0.15, 0.2) is 71.3 Å². The van der Waals surface area contributed by atoms with Gasteiger partial charge in [-0.2, -0.15) is 10.1 Å². The number of rotatable bonds is 5. The molecular formula is C23H19N5O2S. The average Bonchev–Trinajstić information content (AvgIpc) is 3.51. The average molecular weight is 430 g/mol. The number of para-hydroxylation sites is 1. The molecule has 5 aromatic rings.